The van der Waals surface area contributed by atoms with E-state index in [4.69, 9.17) is 0 Å². The molecule has 1 aromatic heterocycles. The minimum absolute atomic E-state index is 0.696. The fraction of sp³-hybridized carbons (Fsp3) is 0.227. The quantitative estimate of drug-likeness (QED) is 0.692. The van der Waals surface area contributed by atoms with Crippen molar-refractivity contribution in [1.29, 1.82) is 5.26 Å². The molecule has 0 fully saturated rings. The van der Waals surface area contributed by atoms with Crippen LogP contribution in [0.5, 0.6) is 0 Å². The number of hydrogen-bond donors (Lipinski definition) is 1. The van der Waals surface area contributed by atoms with Gasteiger partial charge in [-0.05, 0) is 55.5 Å². The van der Waals surface area contributed by atoms with E-state index in [9.17, 15) is 5.26 Å². The van der Waals surface area contributed by atoms with Gasteiger partial charge in [-0.15, -0.1) is 0 Å². The first kappa shape index (κ1) is 16.9. The first-order valence-electron chi connectivity index (χ1n) is 8.57. The molecule has 0 aliphatic rings. The molecule has 3 nitrogen and oxygen atoms in total. The molecule has 25 heavy (non-hydrogen) atoms. The Kier molecular flexibility index (Phi) is 4.90. The van der Waals surface area contributed by atoms with Gasteiger partial charge in [-0.2, -0.15) is 5.26 Å². The van der Waals surface area contributed by atoms with Crippen LogP contribution in [0.2, 0.25) is 0 Å². The molecule has 0 amide bonds. The van der Waals surface area contributed by atoms with Crippen LogP contribution in [0.1, 0.15) is 27.9 Å². The SMILES string of the molecule is Cc1cccc(C)c1Nc1c(C)cc(C#N)n1CCc1ccccc1. The van der Waals surface area contributed by atoms with Crippen LogP contribution in [-0.4, -0.2) is 4.57 Å². The van der Waals surface area contributed by atoms with E-state index in [1.807, 2.05) is 12.1 Å². The summed E-state index contributed by atoms with van der Waals surface area (Å²) in [6.45, 7) is 7.03. The third kappa shape index (κ3) is 3.59. The summed E-state index contributed by atoms with van der Waals surface area (Å²) in [5.74, 6) is 1.00. The molecule has 0 spiro atoms. The average molecular weight is 329 g/mol. The van der Waals surface area contributed by atoms with E-state index >= 15 is 0 Å². The Labute approximate surface area is 149 Å². The van der Waals surface area contributed by atoms with Gasteiger partial charge in [-0.3, -0.25) is 0 Å². The van der Waals surface area contributed by atoms with Crippen LogP contribution >= 0.6 is 0 Å². The second kappa shape index (κ2) is 7.27. The fourth-order valence-corrected chi connectivity index (χ4v) is 3.19. The average Bonchev–Trinajstić information content (AvgIpc) is 2.92. The number of aryl methyl sites for hydroxylation is 4. The fourth-order valence-electron chi connectivity index (χ4n) is 3.19. The molecule has 3 rings (SSSR count). The van der Waals surface area contributed by atoms with E-state index in [2.05, 4.69) is 79.2 Å². The van der Waals surface area contributed by atoms with E-state index in [0.29, 0.717) is 5.69 Å². The second-order valence-corrected chi connectivity index (χ2v) is 6.45. The summed E-state index contributed by atoms with van der Waals surface area (Å²) in [4.78, 5) is 0. The molecule has 0 saturated heterocycles. The summed E-state index contributed by atoms with van der Waals surface area (Å²) < 4.78 is 2.09. The summed E-state index contributed by atoms with van der Waals surface area (Å²) >= 11 is 0. The number of rotatable bonds is 5. The lowest BCUT2D eigenvalue weighted by Gasteiger charge is -2.17. The summed E-state index contributed by atoms with van der Waals surface area (Å²) in [7, 11) is 0. The molecule has 2 aromatic carbocycles. The summed E-state index contributed by atoms with van der Waals surface area (Å²) in [5, 5.41) is 13.1. The minimum Gasteiger partial charge on any atom is -0.341 e. The van der Waals surface area contributed by atoms with Crippen LogP contribution in [0.3, 0.4) is 0 Å². The number of nitrogens with one attached hydrogen (secondary N) is 1. The number of para-hydroxylation sites is 1. The van der Waals surface area contributed by atoms with Gasteiger partial charge in [0.2, 0.25) is 0 Å². The van der Waals surface area contributed by atoms with Gasteiger partial charge in [0.25, 0.3) is 0 Å². The summed E-state index contributed by atoms with van der Waals surface area (Å²) in [6.07, 6.45) is 0.894. The van der Waals surface area contributed by atoms with Gasteiger partial charge < -0.3 is 9.88 Å². The predicted octanol–water partition coefficient (Wildman–Crippen LogP) is 5.27. The topological polar surface area (TPSA) is 40.8 Å². The summed E-state index contributed by atoms with van der Waals surface area (Å²) in [6, 6.07) is 20.9. The molecule has 0 unspecified atom stereocenters. The van der Waals surface area contributed by atoms with Crippen molar-refractivity contribution >= 4 is 11.5 Å². The Morgan fingerprint density at radius 3 is 2.24 bits per heavy atom. The van der Waals surface area contributed by atoms with Crippen molar-refractivity contribution in [3.8, 4) is 6.07 Å². The van der Waals surface area contributed by atoms with Gasteiger partial charge in [0.1, 0.15) is 17.6 Å². The van der Waals surface area contributed by atoms with Crippen LogP contribution < -0.4 is 5.32 Å². The third-order valence-corrected chi connectivity index (χ3v) is 4.59. The molecule has 0 bridgehead atoms. The Morgan fingerprint density at radius 1 is 0.920 bits per heavy atom. The molecule has 3 heteroatoms. The van der Waals surface area contributed by atoms with E-state index < -0.39 is 0 Å². The molecule has 126 valence electrons. The van der Waals surface area contributed by atoms with Crippen molar-refractivity contribution in [2.45, 2.75) is 33.7 Å². The van der Waals surface area contributed by atoms with Crippen molar-refractivity contribution in [2.75, 3.05) is 5.32 Å². The van der Waals surface area contributed by atoms with Crippen molar-refractivity contribution in [1.82, 2.24) is 4.57 Å². The van der Waals surface area contributed by atoms with Crippen molar-refractivity contribution in [3.63, 3.8) is 0 Å². The number of benzene rings is 2. The van der Waals surface area contributed by atoms with Crippen LogP contribution in [0.25, 0.3) is 0 Å². The zero-order chi connectivity index (χ0) is 17.8. The Morgan fingerprint density at radius 2 is 1.60 bits per heavy atom. The van der Waals surface area contributed by atoms with Crippen molar-refractivity contribution in [2.24, 2.45) is 0 Å². The maximum Gasteiger partial charge on any atom is 0.122 e. The second-order valence-electron chi connectivity index (χ2n) is 6.45. The van der Waals surface area contributed by atoms with Crippen LogP contribution in [-0.2, 0) is 13.0 Å². The molecule has 1 N–H and O–H groups in total. The highest BCUT2D eigenvalue weighted by atomic mass is 15.1. The van der Waals surface area contributed by atoms with Crippen molar-refractivity contribution in [3.05, 3.63) is 82.5 Å². The van der Waals surface area contributed by atoms with Crippen LogP contribution in [0.15, 0.2) is 54.6 Å². The highest BCUT2D eigenvalue weighted by Crippen LogP contribution is 2.29. The smallest absolute Gasteiger partial charge is 0.122 e. The maximum atomic E-state index is 9.53. The van der Waals surface area contributed by atoms with Gasteiger partial charge in [0, 0.05) is 12.2 Å². The Balaban J connectivity index is 1.94. The minimum atomic E-state index is 0.696. The highest BCUT2D eigenvalue weighted by molar-refractivity contribution is 5.68. The number of nitriles is 1. The lowest BCUT2D eigenvalue weighted by molar-refractivity contribution is 0.699. The molecular weight excluding hydrogens is 306 g/mol. The van der Waals surface area contributed by atoms with Gasteiger partial charge in [0.05, 0.1) is 0 Å². The van der Waals surface area contributed by atoms with Crippen LogP contribution in [0, 0.1) is 32.1 Å². The Hall–Kier alpha value is -2.99. The lowest BCUT2D eigenvalue weighted by atomic mass is 10.1. The van der Waals surface area contributed by atoms with E-state index in [-0.39, 0.29) is 0 Å². The highest BCUT2D eigenvalue weighted by Gasteiger charge is 2.14. The zero-order valence-corrected chi connectivity index (χ0v) is 15.0. The van der Waals surface area contributed by atoms with Crippen molar-refractivity contribution < 1.29 is 0 Å². The molecule has 0 aliphatic carbocycles. The van der Waals surface area contributed by atoms with E-state index in [1.54, 1.807) is 0 Å². The number of aromatic nitrogens is 1. The van der Waals surface area contributed by atoms with Crippen LogP contribution in [0.4, 0.5) is 11.5 Å². The van der Waals surface area contributed by atoms with Gasteiger partial charge in [-0.25, -0.2) is 0 Å². The molecule has 1 heterocycles. The van der Waals surface area contributed by atoms with E-state index in [0.717, 1.165) is 30.0 Å². The number of hydrogen-bond acceptors (Lipinski definition) is 2. The maximum absolute atomic E-state index is 9.53. The largest absolute Gasteiger partial charge is 0.341 e. The number of nitrogens with zero attached hydrogens (tertiary/aromatic N) is 2. The molecule has 3 aromatic rings. The van der Waals surface area contributed by atoms with Gasteiger partial charge in [0.15, 0.2) is 0 Å². The zero-order valence-electron chi connectivity index (χ0n) is 15.0. The summed E-state index contributed by atoms with van der Waals surface area (Å²) in [5.41, 5.74) is 6.58. The first-order chi connectivity index (χ1) is 12.1. The lowest BCUT2D eigenvalue weighted by Crippen LogP contribution is -2.09. The van der Waals surface area contributed by atoms with Gasteiger partial charge in [-0.1, -0.05) is 48.5 Å². The third-order valence-electron chi connectivity index (χ3n) is 4.59. The number of anilines is 2. The molecular formula is C22H23N3. The first-order valence-corrected chi connectivity index (χ1v) is 8.57. The van der Waals surface area contributed by atoms with E-state index in [1.165, 1.54) is 16.7 Å². The molecule has 0 aliphatic heterocycles. The normalized spacial score (nSPS) is 10.5. The van der Waals surface area contributed by atoms with Gasteiger partial charge >= 0.3 is 0 Å². The molecule has 0 atom stereocenters. The predicted molar refractivity (Wildman–Crippen MR) is 103 cm³/mol. The molecule has 0 saturated carbocycles. The molecule has 0 radical (unpaired) electrons. The Bertz CT molecular complexity index is 894. The standard InChI is InChI=1S/C22H23N3/c1-16-8-7-9-17(2)21(16)24-22-18(3)14-20(15-23)25(22)13-12-19-10-5-4-6-11-19/h4-11,14,24H,12-13H2,1-3H3. The monoisotopic (exact) mass is 329 g/mol.